The fraction of sp³-hybridized carbons (Fsp3) is 0. The molecule has 0 atom stereocenters. The Hall–Kier alpha value is -3.24. The highest BCUT2D eigenvalue weighted by Gasteiger charge is 2.16. The van der Waals surface area contributed by atoms with E-state index < -0.39 is 0 Å². The van der Waals surface area contributed by atoms with Crippen molar-refractivity contribution in [1.29, 1.82) is 0 Å². The summed E-state index contributed by atoms with van der Waals surface area (Å²) in [5.41, 5.74) is 7.62. The number of aromatic nitrogens is 1. The van der Waals surface area contributed by atoms with Gasteiger partial charge in [-0.1, -0.05) is 89.9 Å². The van der Waals surface area contributed by atoms with Crippen LogP contribution in [0.25, 0.3) is 33.4 Å². The Labute approximate surface area is 213 Å². The average molecular weight is 499 g/mol. The number of anilines is 1. The molecule has 0 bridgehead atoms. The molecule has 0 aliphatic carbocycles. The highest BCUT2D eigenvalue weighted by molar-refractivity contribution is 8.00. The zero-order chi connectivity index (χ0) is 23.3. The maximum absolute atomic E-state index is 6.46. The SMILES string of the molecule is Clc1ccc(SNc2c(-c3ccccc3)cc(-c3cccnc3)cc2-c2ccccc2)c(Cl)c1. The zero-order valence-corrected chi connectivity index (χ0v) is 20.4. The van der Waals surface area contributed by atoms with E-state index in [2.05, 4.69) is 76.4 Å². The predicted molar refractivity (Wildman–Crippen MR) is 146 cm³/mol. The van der Waals surface area contributed by atoms with Gasteiger partial charge in [0.2, 0.25) is 0 Å². The van der Waals surface area contributed by atoms with E-state index in [1.165, 1.54) is 11.9 Å². The number of halogens is 2. The summed E-state index contributed by atoms with van der Waals surface area (Å²) in [7, 11) is 0. The summed E-state index contributed by atoms with van der Waals surface area (Å²) >= 11 is 14.0. The number of rotatable bonds is 6. The molecule has 0 unspecified atom stereocenters. The van der Waals surface area contributed by atoms with Crippen LogP contribution in [-0.4, -0.2) is 4.98 Å². The smallest absolute Gasteiger partial charge is 0.0601 e. The standard InChI is InChI=1S/C29H20Cl2N2S/c30-24-13-14-28(27(31)18-24)34-33-29-25(20-8-3-1-4-9-20)16-23(22-12-7-15-32-19-22)17-26(29)21-10-5-2-6-11-21/h1-19,33H. The highest BCUT2D eigenvalue weighted by atomic mass is 35.5. The largest absolute Gasteiger partial charge is 0.324 e. The van der Waals surface area contributed by atoms with Crippen LogP contribution >= 0.6 is 35.1 Å². The zero-order valence-electron chi connectivity index (χ0n) is 18.1. The summed E-state index contributed by atoms with van der Waals surface area (Å²) in [6.45, 7) is 0. The van der Waals surface area contributed by atoms with Gasteiger partial charge < -0.3 is 4.72 Å². The number of nitrogens with one attached hydrogen (secondary N) is 1. The van der Waals surface area contributed by atoms with Crippen LogP contribution < -0.4 is 4.72 Å². The molecule has 0 radical (unpaired) electrons. The monoisotopic (exact) mass is 498 g/mol. The quantitative estimate of drug-likeness (QED) is 0.236. The van der Waals surface area contributed by atoms with Gasteiger partial charge in [-0.3, -0.25) is 4.98 Å². The molecule has 0 fully saturated rings. The van der Waals surface area contributed by atoms with Gasteiger partial charge in [-0.15, -0.1) is 0 Å². The number of benzene rings is 4. The third-order valence-electron chi connectivity index (χ3n) is 5.46. The third-order valence-corrected chi connectivity index (χ3v) is 7.00. The summed E-state index contributed by atoms with van der Waals surface area (Å²) in [5, 5.41) is 1.23. The number of hydrogen-bond donors (Lipinski definition) is 1. The van der Waals surface area contributed by atoms with Crippen molar-refractivity contribution in [3.05, 3.63) is 126 Å². The van der Waals surface area contributed by atoms with E-state index in [0.717, 1.165) is 44.0 Å². The van der Waals surface area contributed by atoms with Crippen LogP contribution in [0.2, 0.25) is 10.0 Å². The van der Waals surface area contributed by atoms with E-state index >= 15 is 0 Å². The molecular weight excluding hydrogens is 479 g/mol. The molecule has 34 heavy (non-hydrogen) atoms. The Morgan fingerprint density at radius 2 is 1.24 bits per heavy atom. The molecule has 5 aromatic rings. The lowest BCUT2D eigenvalue weighted by Gasteiger charge is -2.19. The van der Waals surface area contributed by atoms with Gasteiger partial charge in [0.25, 0.3) is 0 Å². The van der Waals surface area contributed by atoms with Crippen LogP contribution in [0.5, 0.6) is 0 Å². The lowest BCUT2D eigenvalue weighted by Crippen LogP contribution is -1.97. The maximum Gasteiger partial charge on any atom is 0.0601 e. The molecular formula is C29H20Cl2N2S. The molecule has 166 valence electrons. The van der Waals surface area contributed by atoms with Crippen LogP contribution in [0.15, 0.2) is 120 Å². The fourth-order valence-electron chi connectivity index (χ4n) is 3.81. The summed E-state index contributed by atoms with van der Waals surface area (Å²) in [6, 6.07) is 34.8. The lowest BCUT2D eigenvalue weighted by molar-refractivity contribution is 1.33. The van der Waals surface area contributed by atoms with Crippen molar-refractivity contribution in [2.45, 2.75) is 4.90 Å². The van der Waals surface area contributed by atoms with Gasteiger partial charge in [0.1, 0.15) is 0 Å². The van der Waals surface area contributed by atoms with Gasteiger partial charge in [0.15, 0.2) is 0 Å². The molecule has 0 aliphatic rings. The second-order valence-corrected chi connectivity index (χ2v) is 9.39. The first-order chi connectivity index (χ1) is 16.7. The van der Waals surface area contributed by atoms with Crippen molar-refractivity contribution in [3.8, 4) is 33.4 Å². The maximum atomic E-state index is 6.46. The van der Waals surface area contributed by atoms with Gasteiger partial charge in [-0.25, -0.2) is 0 Å². The lowest BCUT2D eigenvalue weighted by atomic mass is 9.92. The summed E-state index contributed by atoms with van der Waals surface area (Å²) in [6.07, 6.45) is 3.69. The second kappa shape index (κ2) is 10.4. The summed E-state index contributed by atoms with van der Waals surface area (Å²) in [5.74, 6) is 0. The van der Waals surface area contributed by atoms with Crippen molar-refractivity contribution in [1.82, 2.24) is 4.98 Å². The minimum atomic E-state index is 0.611. The van der Waals surface area contributed by atoms with Crippen molar-refractivity contribution >= 4 is 40.8 Å². The number of nitrogens with zero attached hydrogens (tertiary/aromatic N) is 1. The minimum absolute atomic E-state index is 0.611. The van der Waals surface area contributed by atoms with Crippen LogP contribution in [0.1, 0.15) is 0 Å². The molecule has 1 heterocycles. The van der Waals surface area contributed by atoms with Gasteiger partial charge >= 0.3 is 0 Å². The summed E-state index contributed by atoms with van der Waals surface area (Å²) < 4.78 is 3.61. The summed E-state index contributed by atoms with van der Waals surface area (Å²) in [4.78, 5) is 5.24. The second-order valence-electron chi connectivity index (χ2n) is 7.70. The van der Waals surface area contributed by atoms with E-state index in [9.17, 15) is 0 Å². The van der Waals surface area contributed by atoms with E-state index in [1.54, 1.807) is 12.3 Å². The van der Waals surface area contributed by atoms with Crippen LogP contribution in [0.4, 0.5) is 5.69 Å². The Kier molecular flexibility index (Phi) is 6.87. The average Bonchev–Trinajstić information content (AvgIpc) is 2.89. The predicted octanol–water partition coefficient (Wildman–Crippen LogP) is 9.51. The van der Waals surface area contributed by atoms with Gasteiger partial charge in [-0.2, -0.15) is 0 Å². The molecule has 4 aromatic carbocycles. The van der Waals surface area contributed by atoms with Crippen LogP contribution in [0, 0.1) is 0 Å². The minimum Gasteiger partial charge on any atom is -0.324 e. The normalized spacial score (nSPS) is 10.8. The first kappa shape index (κ1) is 22.5. The molecule has 0 amide bonds. The van der Waals surface area contributed by atoms with Gasteiger partial charge in [-0.05, 0) is 65.0 Å². The van der Waals surface area contributed by atoms with E-state index in [0.29, 0.717) is 10.0 Å². The third kappa shape index (κ3) is 4.97. The van der Waals surface area contributed by atoms with Crippen molar-refractivity contribution in [2.75, 3.05) is 4.72 Å². The number of hydrogen-bond acceptors (Lipinski definition) is 3. The highest BCUT2D eigenvalue weighted by Crippen LogP contribution is 2.43. The van der Waals surface area contributed by atoms with Gasteiger partial charge in [0.05, 0.1) is 10.7 Å². The van der Waals surface area contributed by atoms with Crippen molar-refractivity contribution < 1.29 is 0 Å². The molecule has 1 aromatic heterocycles. The molecule has 0 saturated heterocycles. The van der Waals surface area contributed by atoms with E-state index in [-0.39, 0.29) is 0 Å². The van der Waals surface area contributed by atoms with E-state index in [4.69, 9.17) is 23.2 Å². The molecule has 1 N–H and O–H groups in total. The van der Waals surface area contributed by atoms with Gasteiger partial charge in [0, 0.05) is 39.0 Å². The molecule has 5 heteroatoms. The Morgan fingerprint density at radius 1 is 0.618 bits per heavy atom. The Balaban J connectivity index is 1.70. The first-order valence-electron chi connectivity index (χ1n) is 10.8. The first-order valence-corrected chi connectivity index (χ1v) is 12.3. The molecule has 0 saturated carbocycles. The molecule has 0 spiro atoms. The van der Waals surface area contributed by atoms with Crippen LogP contribution in [-0.2, 0) is 0 Å². The molecule has 2 nitrogen and oxygen atoms in total. The fourth-order valence-corrected chi connectivity index (χ4v) is 5.06. The Bertz CT molecular complexity index is 1350. The van der Waals surface area contributed by atoms with Crippen molar-refractivity contribution in [2.24, 2.45) is 0 Å². The van der Waals surface area contributed by atoms with Crippen LogP contribution in [0.3, 0.4) is 0 Å². The topological polar surface area (TPSA) is 24.9 Å². The Morgan fingerprint density at radius 3 is 1.79 bits per heavy atom. The molecule has 5 rings (SSSR count). The number of pyridine rings is 1. The van der Waals surface area contributed by atoms with Crippen molar-refractivity contribution in [3.63, 3.8) is 0 Å². The molecule has 0 aliphatic heterocycles. The van der Waals surface area contributed by atoms with E-state index in [1.807, 2.05) is 36.5 Å².